The summed E-state index contributed by atoms with van der Waals surface area (Å²) in [5, 5.41) is 3.24. The van der Waals surface area contributed by atoms with Crippen LogP contribution in [0.4, 0.5) is 9.18 Å². The van der Waals surface area contributed by atoms with Gasteiger partial charge in [0, 0.05) is 18.1 Å². The average Bonchev–Trinajstić information content (AvgIpc) is 2.54. The molecule has 0 saturated carbocycles. The van der Waals surface area contributed by atoms with Gasteiger partial charge >= 0.3 is 6.09 Å². The highest BCUT2D eigenvalue weighted by atomic mass is 35.5. The quantitative estimate of drug-likeness (QED) is 0.879. The van der Waals surface area contributed by atoms with E-state index in [2.05, 4.69) is 5.32 Å². The number of ether oxygens (including phenoxy) is 1. The number of nitrogens with zero attached hydrogens (tertiary/aromatic N) is 1. The third-order valence-electron chi connectivity index (χ3n) is 4.36. The van der Waals surface area contributed by atoms with E-state index < -0.39 is 11.4 Å². The van der Waals surface area contributed by atoms with E-state index >= 15 is 0 Å². The predicted molar refractivity (Wildman–Crippen MR) is 93.9 cm³/mol. The van der Waals surface area contributed by atoms with Crippen molar-refractivity contribution in [3.05, 3.63) is 34.6 Å². The van der Waals surface area contributed by atoms with Gasteiger partial charge in [-0.2, -0.15) is 0 Å². The van der Waals surface area contributed by atoms with Gasteiger partial charge in [0.1, 0.15) is 5.82 Å². The summed E-state index contributed by atoms with van der Waals surface area (Å²) in [6.07, 6.45) is 1.06. The number of benzene rings is 1. The molecule has 0 radical (unpaired) electrons. The van der Waals surface area contributed by atoms with Gasteiger partial charge in [0.05, 0.1) is 18.1 Å². The standard InChI is InChI=1S/C18H24ClFN2O3/c1-4-25-17(24)22-9-5-6-12(11-22)16(23)21-18(2,3)14-8-7-13(20)10-15(14)19/h7-8,10,12H,4-6,9,11H2,1-3H3,(H,21,23). The summed E-state index contributed by atoms with van der Waals surface area (Å²) in [5.41, 5.74) is -0.115. The lowest BCUT2D eigenvalue weighted by Gasteiger charge is -2.34. The first kappa shape index (κ1) is 19.5. The molecule has 1 aromatic carbocycles. The Morgan fingerprint density at radius 1 is 1.44 bits per heavy atom. The van der Waals surface area contributed by atoms with Crippen LogP contribution in [0.15, 0.2) is 18.2 Å². The van der Waals surface area contributed by atoms with Crippen molar-refractivity contribution in [3.63, 3.8) is 0 Å². The number of hydrogen-bond acceptors (Lipinski definition) is 3. The normalized spacial score (nSPS) is 18.0. The first-order chi connectivity index (χ1) is 11.7. The molecule has 1 aromatic rings. The molecule has 1 heterocycles. The maximum Gasteiger partial charge on any atom is 0.409 e. The van der Waals surface area contributed by atoms with Gasteiger partial charge in [-0.15, -0.1) is 0 Å². The maximum absolute atomic E-state index is 13.2. The van der Waals surface area contributed by atoms with Crippen molar-refractivity contribution in [3.8, 4) is 0 Å². The predicted octanol–water partition coefficient (Wildman–Crippen LogP) is 3.70. The first-order valence-corrected chi connectivity index (χ1v) is 8.81. The molecule has 1 atom stereocenters. The summed E-state index contributed by atoms with van der Waals surface area (Å²) >= 11 is 6.12. The van der Waals surface area contributed by atoms with Gasteiger partial charge in [-0.1, -0.05) is 17.7 Å². The molecular formula is C18H24ClFN2O3. The maximum atomic E-state index is 13.2. The fourth-order valence-corrected chi connectivity index (χ4v) is 3.45. The van der Waals surface area contributed by atoms with Crippen LogP contribution in [-0.2, 0) is 15.1 Å². The molecule has 0 spiro atoms. The largest absolute Gasteiger partial charge is 0.450 e. The summed E-state index contributed by atoms with van der Waals surface area (Å²) in [6, 6.07) is 4.12. The molecule has 1 aliphatic heterocycles. The Morgan fingerprint density at radius 3 is 2.80 bits per heavy atom. The number of nitrogens with one attached hydrogen (secondary N) is 1. The van der Waals surface area contributed by atoms with Crippen LogP contribution in [0.2, 0.25) is 5.02 Å². The molecule has 1 fully saturated rings. The van der Waals surface area contributed by atoms with Crippen LogP contribution >= 0.6 is 11.6 Å². The van der Waals surface area contributed by atoms with Crippen molar-refractivity contribution in [2.24, 2.45) is 5.92 Å². The van der Waals surface area contributed by atoms with Crippen LogP contribution in [0, 0.1) is 11.7 Å². The fourth-order valence-electron chi connectivity index (χ4n) is 3.05. The number of likely N-dealkylation sites (tertiary alicyclic amines) is 1. The van der Waals surface area contributed by atoms with Gasteiger partial charge in [-0.25, -0.2) is 9.18 Å². The van der Waals surface area contributed by atoms with Crippen molar-refractivity contribution >= 4 is 23.6 Å². The van der Waals surface area contributed by atoms with E-state index in [0.717, 1.165) is 6.42 Å². The van der Waals surface area contributed by atoms with E-state index in [4.69, 9.17) is 16.3 Å². The zero-order valence-corrected chi connectivity index (χ0v) is 15.5. The van der Waals surface area contributed by atoms with E-state index in [1.807, 2.05) is 13.8 Å². The summed E-state index contributed by atoms with van der Waals surface area (Å²) in [4.78, 5) is 26.1. The molecule has 0 aromatic heterocycles. The molecule has 7 heteroatoms. The second kappa shape index (κ2) is 8.04. The van der Waals surface area contributed by atoms with Crippen molar-refractivity contribution in [1.29, 1.82) is 0 Å². The van der Waals surface area contributed by atoms with Crippen molar-refractivity contribution in [1.82, 2.24) is 10.2 Å². The van der Waals surface area contributed by atoms with Gasteiger partial charge in [-0.05, 0) is 51.3 Å². The minimum Gasteiger partial charge on any atom is -0.450 e. The molecule has 0 aliphatic carbocycles. The lowest BCUT2D eigenvalue weighted by atomic mass is 9.91. The molecular weight excluding hydrogens is 347 g/mol. The zero-order valence-electron chi connectivity index (χ0n) is 14.8. The summed E-state index contributed by atoms with van der Waals surface area (Å²) in [5.74, 6) is -0.885. The van der Waals surface area contributed by atoms with Gasteiger partial charge in [0.15, 0.2) is 0 Å². The lowest BCUT2D eigenvalue weighted by molar-refractivity contribution is -0.128. The minimum atomic E-state index is -0.756. The Hall–Kier alpha value is -1.82. The molecule has 1 aliphatic rings. The number of carbonyl (C=O) groups is 2. The molecule has 1 N–H and O–H groups in total. The van der Waals surface area contributed by atoms with Gasteiger partial charge in [-0.3, -0.25) is 4.79 Å². The molecule has 2 rings (SSSR count). The average molecular weight is 371 g/mol. The van der Waals surface area contributed by atoms with Gasteiger partial charge < -0.3 is 15.0 Å². The molecule has 0 bridgehead atoms. The van der Waals surface area contributed by atoms with Crippen molar-refractivity contribution in [2.45, 2.75) is 39.2 Å². The lowest BCUT2D eigenvalue weighted by Crippen LogP contribution is -2.49. The zero-order chi connectivity index (χ0) is 18.6. The number of amides is 2. The van der Waals surface area contributed by atoms with E-state index in [1.54, 1.807) is 17.9 Å². The van der Waals surface area contributed by atoms with Crippen LogP contribution in [-0.4, -0.2) is 36.6 Å². The Balaban J connectivity index is 2.06. The Kier molecular flexibility index (Phi) is 6.27. The number of halogens is 2. The van der Waals surface area contributed by atoms with Crippen LogP contribution < -0.4 is 5.32 Å². The smallest absolute Gasteiger partial charge is 0.409 e. The molecule has 1 unspecified atom stereocenters. The van der Waals surface area contributed by atoms with Crippen molar-refractivity contribution < 1.29 is 18.7 Å². The van der Waals surface area contributed by atoms with Crippen LogP contribution in [0.25, 0.3) is 0 Å². The second-order valence-electron chi connectivity index (χ2n) is 6.72. The highest BCUT2D eigenvalue weighted by molar-refractivity contribution is 6.31. The minimum absolute atomic E-state index is 0.153. The number of carbonyl (C=O) groups excluding carboxylic acids is 2. The highest BCUT2D eigenvalue weighted by Crippen LogP contribution is 2.29. The van der Waals surface area contributed by atoms with E-state index in [9.17, 15) is 14.0 Å². The Morgan fingerprint density at radius 2 is 2.16 bits per heavy atom. The molecule has 138 valence electrons. The van der Waals surface area contributed by atoms with Crippen LogP contribution in [0.5, 0.6) is 0 Å². The van der Waals surface area contributed by atoms with Crippen LogP contribution in [0.3, 0.4) is 0 Å². The molecule has 25 heavy (non-hydrogen) atoms. The molecule has 2 amide bonds. The fraction of sp³-hybridized carbons (Fsp3) is 0.556. The summed E-state index contributed by atoms with van der Waals surface area (Å²) in [7, 11) is 0. The van der Waals surface area contributed by atoms with E-state index in [0.29, 0.717) is 31.7 Å². The number of hydrogen-bond donors (Lipinski definition) is 1. The van der Waals surface area contributed by atoms with E-state index in [1.165, 1.54) is 12.1 Å². The van der Waals surface area contributed by atoms with Gasteiger partial charge in [0.2, 0.25) is 5.91 Å². The first-order valence-electron chi connectivity index (χ1n) is 8.44. The number of rotatable bonds is 4. The summed E-state index contributed by atoms with van der Waals surface area (Å²) < 4.78 is 18.3. The molecule has 1 saturated heterocycles. The second-order valence-corrected chi connectivity index (χ2v) is 7.13. The Labute approximate surface area is 152 Å². The SMILES string of the molecule is CCOC(=O)N1CCCC(C(=O)NC(C)(C)c2ccc(F)cc2Cl)C1. The highest BCUT2D eigenvalue weighted by Gasteiger charge is 2.33. The number of piperidine rings is 1. The topological polar surface area (TPSA) is 58.6 Å². The van der Waals surface area contributed by atoms with Gasteiger partial charge in [0.25, 0.3) is 0 Å². The third-order valence-corrected chi connectivity index (χ3v) is 4.67. The Bertz CT molecular complexity index is 651. The summed E-state index contributed by atoms with van der Waals surface area (Å²) in [6.45, 7) is 6.61. The molecule has 5 nitrogen and oxygen atoms in total. The monoisotopic (exact) mass is 370 g/mol. The van der Waals surface area contributed by atoms with Crippen molar-refractivity contribution in [2.75, 3.05) is 19.7 Å². The third kappa shape index (κ3) is 4.84. The van der Waals surface area contributed by atoms with E-state index in [-0.39, 0.29) is 22.9 Å². The van der Waals surface area contributed by atoms with Crippen LogP contribution in [0.1, 0.15) is 39.2 Å².